The van der Waals surface area contributed by atoms with Crippen molar-refractivity contribution in [3.8, 4) is 0 Å². The van der Waals surface area contributed by atoms with Gasteiger partial charge in [-0.15, -0.1) is 0 Å². The van der Waals surface area contributed by atoms with Gasteiger partial charge in [0.1, 0.15) is 0 Å². The van der Waals surface area contributed by atoms with E-state index in [0.717, 1.165) is 24.3 Å². The van der Waals surface area contributed by atoms with Crippen molar-refractivity contribution in [2.75, 3.05) is 0 Å². The molecule has 0 spiro atoms. The zero-order valence-electron chi connectivity index (χ0n) is 15.8. The Morgan fingerprint density at radius 3 is 2.11 bits per heavy atom. The molecule has 5 heteroatoms. The second kappa shape index (κ2) is 8.89. The number of benzene rings is 2. The summed E-state index contributed by atoms with van der Waals surface area (Å²) in [6.45, 7) is 2.18. The minimum atomic E-state index is -1.71. The highest BCUT2D eigenvalue weighted by Gasteiger charge is 2.25. The summed E-state index contributed by atoms with van der Waals surface area (Å²) in [6, 6.07) is 7.38. The van der Waals surface area contributed by atoms with Crippen molar-refractivity contribution in [1.29, 1.82) is 0 Å². The van der Waals surface area contributed by atoms with Gasteiger partial charge in [0.25, 0.3) is 0 Å². The first kappa shape index (κ1) is 20.6. The van der Waals surface area contributed by atoms with Gasteiger partial charge in [-0.2, -0.15) is 0 Å². The first-order valence-electron chi connectivity index (χ1n) is 9.71. The molecule has 1 aliphatic carbocycles. The van der Waals surface area contributed by atoms with E-state index in [4.69, 9.17) is 0 Å². The van der Waals surface area contributed by atoms with Crippen LogP contribution < -0.4 is 0 Å². The second-order valence-corrected chi connectivity index (χ2v) is 7.52. The first-order valence-corrected chi connectivity index (χ1v) is 9.71. The van der Waals surface area contributed by atoms with Crippen LogP contribution in [0.4, 0.5) is 22.0 Å². The topological polar surface area (TPSA) is 0 Å². The van der Waals surface area contributed by atoms with E-state index in [1.165, 1.54) is 37.8 Å². The van der Waals surface area contributed by atoms with Crippen molar-refractivity contribution in [2.24, 2.45) is 5.92 Å². The average Bonchev–Trinajstić information content (AvgIpc) is 3.18. The van der Waals surface area contributed by atoms with Crippen molar-refractivity contribution in [2.45, 2.75) is 51.4 Å². The molecular formula is C23H23F5. The Morgan fingerprint density at radius 1 is 0.893 bits per heavy atom. The highest BCUT2D eigenvalue weighted by atomic mass is 19.2. The number of hydrogen-bond donors (Lipinski definition) is 0. The lowest BCUT2D eigenvalue weighted by molar-refractivity contribution is 0.446. The molecule has 2 atom stereocenters. The zero-order chi connectivity index (χ0) is 20.3. The maximum Gasteiger partial charge on any atom is 0.194 e. The quantitative estimate of drug-likeness (QED) is 0.265. The standard InChI is InChI=1S/C23H23F5/c1-2-3-4-14-5-6-17(11-14)15-7-9-16(10-8-15)21(26)22(27)18-12-19(24)23(28)20(25)13-18/h7-10,12-14,17H,2-6,11H2,1H3. The van der Waals surface area contributed by atoms with E-state index < -0.39 is 34.7 Å². The summed E-state index contributed by atoms with van der Waals surface area (Å²) >= 11 is 0. The smallest absolute Gasteiger partial charge is 0.194 e. The molecule has 2 unspecified atom stereocenters. The Labute approximate surface area is 162 Å². The number of unbranched alkanes of at least 4 members (excludes halogenated alkanes) is 1. The summed E-state index contributed by atoms with van der Waals surface area (Å²) in [5.74, 6) is -6.35. The van der Waals surface area contributed by atoms with Crippen LogP contribution in [0.2, 0.25) is 0 Å². The molecule has 0 aliphatic heterocycles. The van der Waals surface area contributed by atoms with Crippen LogP contribution in [0.1, 0.15) is 68.1 Å². The molecule has 0 radical (unpaired) electrons. The third kappa shape index (κ3) is 4.45. The predicted octanol–water partition coefficient (Wildman–Crippen LogP) is 7.94. The Kier molecular flexibility index (Phi) is 6.53. The van der Waals surface area contributed by atoms with Crippen LogP contribution in [-0.2, 0) is 0 Å². The van der Waals surface area contributed by atoms with Gasteiger partial charge in [-0.05, 0) is 48.8 Å². The summed E-state index contributed by atoms with van der Waals surface area (Å²) in [5, 5.41) is 0. The molecular weight excluding hydrogens is 371 g/mol. The minimum Gasteiger partial charge on any atom is -0.204 e. The summed E-state index contributed by atoms with van der Waals surface area (Å²) in [6.07, 6.45) is 7.05. The molecule has 2 aromatic rings. The van der Waals surface area contributed by atoms with Crippen LogP contribution in [-0.4, -0.2) is 0 Å². The molecule has 0 nitrogen and oxygen atoms in total. The number of rotatable bonds is 6. The molecule has 0 amide bonds. The normalized spacial score (nSPS) is 20.4. The molecule has 28 heavy (non-hydrogen) atoms. The number of halogens is 5. The predicted molar refractivity (Wildman–Crippen MR) is 101 cm³/mol. The largest absolute Gasteiger partial charge is 0.204 e. The lowest BCUT2D eigenvalue weighted by atomic mass is 9.93. The first-order chi connectivity index (χ1) is 13.4. The zero-order valence-corrected chi connectivity index (χ0v) is 15.8. The second-order valence-electron chi connectivity index (χ2n) is 7.52. The van der Waals surface area contributed by atoms with Gasteiger partial charge in [-0.25, -0.2) is 22.0 Å². The fourth-order valence-electron chi connectivity index (χ4n) is 3.97. The van der Waals surface area contributed by atoms with Crippen LogP contribution in [0.3, 0.4) is 0 Å². The Morgan fingerprint density at radius 2 is 1.50 bits per heavy atom. The Bertz CT molecular complexity index is 831. The highest BCUT2D eigenvalue weighted by molar-refractivity contribution is 5.83. The summed E-state index contributed by atoms with van der Waals surface area (Å²) in [5.41, 5.74) is 0.397. The monoisotopic (exact) mass is 394 g/mol. The van der Waals surface area contributed by atoms with E-state index in [1.807, 2.05) is 0 Å². The molecule has 0 aromatic heterocycles. The lowest BCUT2D eigenvalue weighted by Crippen LogP contribution is -1.97. The SMILES string of the molecule is CCCCC1CCC(c2ccc(C(F)=C(F)c3cc(F)c(F)c(F)c3)cc2)C1. The van der Waals surface area contributed by atoms with Gasteiger partial charge < -0.3 is 0 Å². The minimum absolute atomic E-state index is 0.0214. The van der Waals surface area contributed by atoms with Crippen LogP contribution >= 0.6 is 0 Å². The fraction of sp³-hybridized carbons (Fsp3) is 0.391. The van der Waals surface area contributed by atoms with Crippen LogP contribution in [0.15, 0.2) is 36.4 Å². The maximum absolute atomic E-state index is 14.5. The molecule has 0 saturated heterocycles. The van der Waals surface area contributed by atoms with Gasteiger partial charge in [0.15, 0.2) is 29.1 Å². The molecule has 150 valence electrons. The van der Waals surface area contributed by atoms with Crippen LogP contribution in [0.25, 0.3) is 11.7 Å². The molecule has 1 aliphatic rings. The van der Waals surface area contributed by atoms with E-state index in [2.05, 4.69) is 6.92 Å². The molecule has 0 bridgehead atoms. The maximum atomic E-state index is 14.5. The summed E-state index contributed by atoms with van der Waals surface area (Å²) in [4.78, 5) is 0. The van der Waals surface area contributed by atoms with E-state index in [1.54, 1.807) is 12.1 Å². The van der Waals surface area contributed by atoms with Gasteiger partial charge in [0.2, 0.25) is 0 Å². The highest BCUT2D eigenvalue weighted by Crippen LogP contribution is 2.41. The molecule has 1 saturated carbocycles. The van der Waals surface area contributed by atoms with Crippen molar-refractivity contribution in [3.63, 3.8) is 0 Å². The van der Waals surface area contributed by atoms with E-state index in [9.17, 15) is 22.0 Å². The number of hydrogen-bond acceptors (Lipinski definition) is 0. The van der Waals surface area contributed by atoms with Gasteiger partial charge in [-0.1, -0.05) is 50.5 Å². The third-order valence-electron chi connectivity index (χ3n) is 5.57. The van der Waals surface area contributed by atoms with E-state index >= 15 is 0 Å². The lowest BCUT2D eigenvalue weighted by Gasteiger charge is -2.12. The fourth-order valence-corrected chi connectivity index (χ4v) is 3.97. The molecule has 0 N–H and O–H groups in total. The molecule has 1 fully saturated rings. The third-order valence-corrected chi connectivity index (χ3v) is 5.57. The van der Waals surface area contributed by atoms with Crippen molar-refractivity contribution < 1.29 is 22.0 Å². The van der Waals surface area contributed by atoms with E-state index in [-0.39, 0.29) is 5.56 Å². The van der Waals surface area contributed by atoms with E-state index in [0.29, 0.717) is 18.1 Å². The van der Waals surface area contributed by atoms with Gasteiger partial charge >= 0.3 is 0 Å². The van der Waals surface area contributed by atoms with Crippen molar-refractivity contribution in [1.82, 2.24) is 0 Å². The van der Waals surface area contributed by atoms with Gasteiger partial charge in [0.05, 0.1) is 0 Å². The van der Waals surface area contributed by atoms with Crippen LogP contribution in [0.5, 0.6) is 0 Å². The average molecular weight is 394 g/mol. The van der Waals surface area contributed by atoms with Crippen molar-refractivity contribution in [3.05, 3.63) is 70.5 Å². The summed E-state index contributed by atoms with van der Waals surface area (Å²) < 4.78 is 68.3. The summed E-state index contributed by atoms with van der Waals surface area (Å²) in [7, 11) is 0. The Hall–Kier alpha value is -2.17. The molecule has 2 aromatic carbocycles. The molecule has 3 rings (SSSR count). The molecule has 0 heterocycles. The Balaban J connectivity index is 1.76. The van der Waals surface area contributed by atoms with Gasteiger partial charge in [-0.3, -0.25) is 0 Å². The van der Waals surface area contributed by atoms with Gasteiger partial charge in [0, 0.05) is 11.1 Å². The van der Waals surface area contributed by atoms with Crippen molar-refractivity contribution >= 4 is 11.7 Å². The van der Waals surface area contributed by atoms with Crippen LogP contribution in [0, 0.1) is 23.4 Å².